The lowest BCUT2D eigenvalue weighted by atomic mass is 9.70. The summed E-state index contributed by atoms with van der Waals surface area (Å²) in [6.45, 7) is 0. The van der Waals surface area contributed by atoms with Crippen LogP contribution in [0.15, 0.2) is 134 Å². The van der Waals surface area contributed by atoms with Gasteiger partial charge in [0.15, 0.2) is 0 Å². The number of hydrogen-bond acceptors (Lipinski definition) is 2. The Kier molecular flexibility index (Phi) is 4.54. The third kappa shape index (κ3) is 2.93. The highest BCUT2D eigenvalue weighted by atomic mass is 14.6. The molecule has 0 saturated heterocycles. The summed E-state index contributed by atoms with van der Waals surface area (Å²) in [7, 11) is 0. The van der Waals surface area contributed by atoms with Gasteiger partial charge in [-0.1, -0.05) is 109 Å². The zero-order chi connectivity index (χ0) is 26.0. The van der Waals surface area contributed by atoms with E-state index in [2.05, 4.69) is 126 Å². The van der Waals surface area contributed by atoms with E-state index in [0.717, 1.165) is 16.7 Å². The fraction of sp³-hybridized carbons (Fsp3) is 0.0270. The smallest absolute Gasteiger partial charge is 0.101 e. The van der Waals surface area contributed by atoms with Crippen molar-refractivity contribution in [3.05, 3.63) is 162 Å². The van der Waals surface area contributed by atoms with Gasteiger partial charge >= 0.3 is 0 Å². The molecule has 8 rings (SSSR count). The molecule has 39 heavy (non-hydrogen) atoms. The number of pyridine rings is 1. The molecule has 0 N–H and O–H groups in total. The van der Waals surface area contributed by atoms with Crippen LogP contribution < -0.4 is 0 Å². The minimum atomic E-state index is -0.305. The first-order valence-electron chi connectivity index (χ1n) is 13.2. The average molecular weight is 495 g/mol. The highest BCUT2D eigenvalue weighted by molar-refractivity contribution is 5.96. The second-order valence-corrected chi connectivity index (χ2v) is 10.3. The molecule has 2 aliphatic rings. The normalized spacial score (nSPS) is 13.3. The summed E-state index contributed by atoms with van der Waals surface area (Å²) in [5, 5.41) is 9.24. The Morgan fingerprint density at radius 3 is 1.54 bits per heavy atom. The van der Waals surface area contributed by atoms with Crippen molar-refractivity contribution in [3.8, 4) is 50.6 Å². The summed E-state index contributed by atoms with van der Waals surface area (Å²) in [4.78, 5) is 4.22. The Balaban J connectivity index is 1.30. The maximum atomic E-state index is 9.24. The van der Waals surface area contributed by atoms with Crippen LogP contribution in [0.5, 0.6) is 0 Å². The Morgan fingerprint density at radius 1 is 0.462 bits per heavy atom. The van der Waals surface area contributed by atoms with Crippen LogP contribution in [-0.2, 0) is 5.41 Å². The van der Waals surface area contributed by atoms with E-state index in [-0.39, 0.29) is 5.41 Å². The standard InChI is InChI=1S/C37H22N2/c38-21-24-19-28(23-39-22-24)26-15-13-25(14-16-26)27-17-18-36-32(20-27)31-9-3-6-12-35(31)37(36)33-10-4-1-7-29(33)30-8-2-5-11-34(30)37/h1-20,22-23H. The van der Waals surface area contributed by atoms with Crippen LogP contribution in [0.4, 0.5) is 0 Å². The predicted octanol–water partition coefficient (Wildman–Crippen LogP) is 8.63. The molecule has 0 amide bonds. The van der Waals surface area contributed by atoms with E-state index < -0.39 is 0 Å². The Morgan fingerprint density at radius 2 is 0.949 bits per heavy atom. The van der Waals surface area contributed by atoms with Crippen LogP contribution >= 0.6 is 0 Å². The topological polar surface area (TPSA) is 36.7 Å². The second kappa shape index (κ2) is 8.12. The lowest BCUT2D eigenvalue weighted by Crippen LogP contribution is -2.25. The molecule has 180 valence electrons. The van der Waals surface area contributed by atoms with Crippen molar-refractivity contribution < 1.29 is 0 Å². The van der Waals surface area contributed by atoms with Gasteiger partial charge < -0.3 is 0 Å². The first kappa shape index (κ1) is 21.8. The number of hydrogen-bond donors (Lipinski definition) is 0. The van der Waals surface area contributed by atoms with Crippen molar-refractivity contribution >= 4 is 0 Å². The molecule has 0 bridgehead atoms. The number of nitriles is 1. The molecule has 1 spiro atoms. The Labute approximate surface area is 227 Å². The fourth-order valence-electron chi connectivity index (χ4n) is 6.79. The minimum absolute atomic E-state index is 0.305. The molecule has 0 aliphatic heterocycles. The third-order valence-electron chi connectivity index (χ3n) is 8.42. The summed E-state index contributed by atoms with van der Waals surface area (Å²) in [6, 6.07) is 46.3. The first-order valence-corrected chi connectivity index (χ1v) is 13.2. The monoisotopic (exact) mass is 494 g/mol. The van der Waals surface area contributed by atoms with E-state index in [9.17, 15) is 5.26 Å². The fourth-order valence-corrected chi connectivity index (χ4v) is 6.79. The number of rotatable bonds is 2. The molecule has 0 fully saturated rings. The van der Waals surface area contributed by atoms with Crippen LogP contribution in [0.3, 0.4) is 0 Å². The lowest BCUT2D eigenvalue weighted by Gasteiger charge is -2.30. The van der Waals surface area contributed by atoms with Crippen molar-refractivity contribution in [2.24, 2.45) is 0 Å². The number of nitrogens with zero attached hydrogens (tertiary/aromatic N) is 2. The number of aromatic nitrogens is 1. The highest BCUT2D eigenvalue weighted by Gasteiger charge is 2.51. The van der Waals surface area contributed by atoms with Crippen LogP contribution in [-0.4, -0.2) is 4.98 Å². The zero-order valence-corrected chi connectivity index (χ0v) is 21.1. The van der Waals surface area contributed by atoms with Crippen molar-refractivity contribution in [2.45, 2.75) is 5.41 Å². The largest absolute Gasteiger partial charge is 0.263 e. The van der Waals surface area contributed by atoms with E-state index in [4.69, 9.17) is 0 Å². The van der Waals surface area contributed by atoms with Gasteiger partial charge in [0, 0.05) is 18.0 Å². The second-order valence-electron chi connectivity index (χ2n) is 10.3. The van der Waals surface area contributed by atoms with Crippen LogP contribution in [0.1, 0.15) is 27.8 Å². The van der Waals surface area contributed by atoms with Crippen molar-refractivity contribution in [2.75, 3.05) is 0 Å². The summed E-state index contributed by atoms with van der Waals surface area (Å²) in [6.07, 6.45) is 3.40. The molecule has 0 saturated carbocycles. The molecule has 0 unspecified atom stereocenters. The molecule has 5 aromatic carbocycles. The third-order valence-corrected chi connectivity index (χ3v) is 8.42. The molecule has 0 atom stereocenters. The lowest BCUT2D eigenvalue weighted by molar-refractivity contribution is 0.794. The van der Waals surface area contributed by atoms with Gasteiger partial charge in [0.05, 0.1) is 11.0 Å². The molecule has 0 radical (unpaired) electrons. The Bertz CT molecular complexity index is 1930. The summed E-state index contributed by atoms with van der Waals surface area (Å²) < 4.78 is 0. The van der Waals surface area contributed by atoms with Gasteiger partial charge in [-0.05, 0) is 73.3 Å². The Hall–Kier alpha value is -5.26. The molecule has 2 heteroatoms. The van der Waals surface area contributed by atoms with E-state index in [0.29, 0.717) is 5.56 Å². The average Bonchev–Trinajstić information content (AvgIpc) is 3.48. The first-order chi connectivity index (χ1) is 19.3. The van der Waals surface area contributed by atoms with Gasteiger partial charge in [-0.3, -0.25) is 4.98 Å². The number of benzene rings is 5. The van der Waals surface area contributed by atoms with Crippen molar-refractivity contribution in [1.29, 1.82) is 5.26 Å². The maximum absolute atomic E-state index is 9.24. The van der Waals surface area contributed by atoms with Gasteiger partial charge in [0.1, 0.15) is 6.07 Å². The maximum Gasteiger partial charge on any atom is 0.101 e. The molecule has 2 aliphatic carbocycles. The van der Waals surface area contributed by atoms with Crippen molar-refractivity contribution in [1.82, 2.24) is 4.98 Å². The SMILES string of the molecule is N#Cc1cncc(-c2ccc(-c3ccc4c(c3)-c3ccccc3C43c4ccccc4-c4ccccc43)cc2)c1. The minimum Gasteiger partial charge on any atom is -0.263 e. The van der Waals surface area contributed by atoms with Gasteiger partial charge in [-0.2, -0.15) is 5.26 Å². The van der Waals surface area contributed by atoms with Gasteiger partial charge in [-0.25, -0.2) is 0 Å². The molecule has 1 heterocycles. The van der Waals surface area contributed by atoms with E-state index in [1.165, 1.54) is 50.1 Å². The summed E-state index contributed by atoms with van der Waals surface area (Å²) in [5.41, 5.74) is 15.3. The van der Waals surface area contributed by atoms with Crippen molar-refractivity contribution in [3.63, 3.8) is 0 Å². The van der Waals surface area contributed by atoms with E-state index in [1.54, 1.807) is 12.4 Å². The van der Waals surface area contributed by atoms with E-state index in [1.807, 2.05) is 6.07 Å². The molecular weight excluding hydrogens is 472 g/mol. The molecule has 6 aromatic rings. The molecular formula is C37H22N2. The van der Waals surface area contributed by atoms with Gasteiger partial charge in [0.2, 0.25) is 0 Å². The summed E-state index contributed by atoms with van der Waals surface area (Å²) in [5.74, 6) is 0. The number of fused-ring (bicyclic) bond motifs is 10. The van der Waals surface area contributed by atoms with Gasteiger partial charge in [-0.15, -0.1) is 0 Å². The summed E-state index contributed by atoms with van der Waals surface area (Å²) >= 11 is 0. The zero-order valence-electron chi connectivity index (χ0n) is 21.1. The van der Waals surface area contributed by atoms with Crippen LogP contribution in [0, 0.1) is 11.3 Å². The van der Waals surface area contributed by atoms with Gasteiger partial charge in [0.25, 0.3) is 0 Å². The molecule has 1 aromatic heterocycles. The molecule has 2 nitrogen and oxygen atoms in total. The predicted molar refractivity (Wildman–Crippen MR) is 156 cm³/mol. The quantitative estimate of drug-likeness (QED) is 0.241. The van der Waals surface area contributed by atoms with Crippen LogP contribution in [0.25, 0.3) is 44.5 Å². The van der Waals surface area contributed by atoms with Crippen LogP contribution in [0.2, 0.25) is 0 Å². The highest BCUT2D eigenvalue weighted by Crippen LogP contribution is 2.62. The van der Waals surface area contributed by atoms with E-state index >= 15 is 0 Å².